The van der Waals surface area contributed by atoms with Gasteiger partial charge in [-0.15, -0.1) is 11.3 Å². The van der Waals surface area contributed by atoms with E-state index in [1.165, 1.54) is 12.8 Å². The lowest BCUT2D eigenvalue weighted by Crippen LogP contribution is -2.23. The van der Waals surface area contributed by atoms with Gasteiger partial charge >= 0.3 is 0 Å². The number of pyridine rings is 1. The molecule has 176 valence electrons. The molecule has 0 bridgehead atoms. The van der Waals surface area contributed by atoms with Gasteiger partial charge < -0.3 is 15.0 Å². The smallest absolute Gasteiger partial charge is 0.255 e. The van der Waals surface area contributed by atoms with E-state index in [-0.39, 0.29) is 12.5 Å². The molecule has 0 unspecified atom stereocenters. The number of ether oxygens (including phenoxy) is 1. The zero-order chi connectivity index (χ0) is 23.5. The van der Waals surface area contributed by atoms with Crippen molar-refractivity contribution in [2.24, 2.45) is 0 Å². The molecule has 1 aromatic carbocycles. The van der Waals surface area contributed by atoms with Gasteiger partial charge in [0.2, 0.25) is 0 Å². The SMILES string of the molecule is COCc1nn(Cc2ccc(N3CCCC3)nc2)cc1C(=O)NCc1csc2ccc(Cl)cc12. The van der Waals surface area contributed by atoms with Gasteiger partial charge in [0, 0.05) is 48.9 Å². The Kier molecular flexibility index (Phi) is 6.80. The van der Waals surface area contributed by atoms with Gasteiger partial charge in [0.1, 0.15) is 11.5 Å². The molecule has 0 radical (unpaired) electrons. The van der Waals surface area contributed by atoms with Crippen LogP contribution in [0.25, 0.3) is 10.1 Å². The second-order valence-electron chi connectivity index (χ2n) is 8.42. The van der Waals surface area contributed by atoms with Crippen molar-refractivity contribution < 1.29 is 9.53 Å². The summed E-state index contributed by atoms with van der Waals surface area (Å²) in [5.74, 6) is 0.839. The summed E-state index contributed by atoms with van der Waals surface area (Å²) in [6, 6.07) is 9.95. The number of carbonyl (C=O) groups is 1. The number of amides is 1. The molecule has 3 aromatic heterocycles. The molecule has 1 aliphatic rings. The van der Waals surface area contributed by atoms with Crippen LogP contribution in [-0.2, 0) is 24.4 Å². The Bertz CT molecular complexity index is 1290. The minimum Gasteiger partial charge on any atom is -0.378 e. The van der Waals surface area contributed by atoms with Crippen molar-refractivity contribution in [3.05, 3.63) is 75.5 Å². The first-order chi connectivity index (χ1) is 16.6. The fourth-order valence-corrected chi connectivity index (χ4v) is 5.38. The Morgan fingerprint density at radius 2 is 2.09 bits per heavy atom. The maximum Gasteiger partial charge on any atom is 0.255 e. The quantitative estimate of drug-likeness (QED) is 0.377. The maximum absolute atomic E-state index is 13.0. The molecule has 1 amide bonds. The molecular formula is C25H26ClN5O2S. The minimum atomic E-state index is -0.179. The molecule has 0 aliphatic carbocycles. The minimum absolute atomic E-state index is 0.179. The third-order valence-electron chi connectivity index (χ3n) is 6.00. The number of rotatable bonds is 8. The molecule has 4 heterocycles. The van der Waals surface area contributed by atoms with E-state index in [4.69, 9.17) is 16.3 Å². The second kappa shape index (κ2) is 10.1. The summed E-state index contributed by atoms with van der Waals surface area (Å²) in [5, 5.41) is 11.4. The predicted molar refractivity (Wildman–Crippen MR) is 136 cm³/mol. The molecular weight excluding hydrogens is 470 g/mol. The highest BCUT2D eigenvalue weighted by molar-refractivity contribution is 7.17. The van der Waals surface area contributed by atoms with Gasteiger partial charge in [0.25, 0.3) is 5.91 Å². The van der Waals surface area contributed by atoms with Crippen molar-refractivity contribution in [1.82, 2.24) is 20.1 Å². The van der Waals surface area contributed by atoms with Crippen LogP contribution in [0.2, 0.25) is 5.02 Å². The van der Waals surface area contributed by atoms with E-state index in [0.29, 0.717) is 29.4 Å². The van der Waals surface area contributed by atoms with Crippen LogP contribution in [0.4, 0.5) is 5.82 Å². The standard InChI is InChI=1S/C25H26ClN5O2S/c1-33-15-22-21(25(32)28-12-18-16-34-23-6-5-19(26)10-20(18)23)14-31(29-22)13-17-4-7-24(27-11-17)30-8-2-3-9-30/h4-7,10-11,14,16H,2-3,8-9,12-13,15H2,1H3,(H,28,32). The number of nitrogens with zero attached hydrogens (tertiary/aromatic N) is 4. The highest BCUT2D eigenvalue weighted by Gasteiger charge is 2.18. The Hall–Kier alpha value is -2.94. The van der Waals surface area contributed by atoms with Gasteiger partial charge in [-0.1, -0.05) is 17.7 Å². The number of aromatic nitrogens is 3. The number of carbonyl (C=O) groups excluding carboxylic acids is 1. The zero-order valence-electron chi connectivity index (χ0n) is 19.0. The van der Waals surface area contributed by atoms with Crippen LogP contribution in [-0.4, -0.2) is 40.9 Å². The number of benzene rings is 1. The van der Waals surface area contributed by atoms with Gasteiger partial charge in [0.05, 0.1) is 18.7 Å². The second-order valence-corrected chi connectivity index (χ2v) is 9.77. The molecule has 1 fully saturated rings. The van der Waals surface area contributed by atoms with Gasteiger partial charge in [-0.3, -0.25) is 9.48 Å². The number of fused-ring (bicyclic) bond motifs is 1. The van der Waals surface area contributed by atoms with Crippen LogP contribution in [0.3, 0.4) is 0 Å². The van der Waals surface area contributed by atoms with Gasteiger partial charge in [0.15, 0.2) is 0 Å². The topological polar surface area (TPSA) is 72.3 Å². The molecule has 34 heavy (non-hydrogen) atoms. The highest BCUT2D eigenvalue weighted by Crippen LogP contribution is 2.28. The summed E-state index contributed by atoms with van der Waals surface area (Å²) in [6.45, 7) is 3.35. The van der Waals surface area contributed by atoms with Crippen molar-refractivity contribution in [2.45, 2.75) is 32.5 Å². The monoisotopic (exact) mass is 495 g/mol. The Morgan fingerprint density at radius 3 is 2.85 bits per heavy atom. The average molecular weight is 496 g/mol. The number of halogens is 1. The van der Waals surface area contributed by atoms with E-state index in [9.17, 15) is 4.79 Å². The summed E-state index contributed by atoms with van der Waals surface area (Å²) in [7, 11) is 1.60. The van der Waals surface area contributed by atoms with Gasteiger partial charge in [-0.25, -0.2) is 4.98 Å². The van der Waals surface area contributed by atoms with E-state index >= 15 is 0 Å². The molecule has 9 heteroatoms. The van der Waals surface area contributed by atoms with E-state index in [2.05, 4.69) is 37.8 Å². The first-order valence-electron chi connectivity index (χ1n) is 11.3. The molecule has 7 nitrogen and oxygen atoms in total. The van der Waals surface area contributed by atoms with Crippen molar-refractivity contribution >= 4 is 44.7 Å². The fourth-order valence-electron chi connectivity index (χ4n) is 4.27. The van der Waals surface area contributed by atoms with Crippen LogP contribution >= 0.6 is 22.9 Å². The highest BCUT2D eigenvalue weighted by atomic mass is 35.5. The third kappa shape index (κ3) is 4.94. The molecule has 0 spiro atoms. The zero-order valence-corrected chi connectivity index (χ0v) is 20.5. The van der Waals surface area contributed by atoms with Crippen LogP contribution in [0.1, 0.15) is 40.0 Å². The molecule has 1 saturated heterocycles. The van der Waals surface area contributed by atoms with Crippen LogP contribution in [0, 0.1) is 0 Å². The lowest BCUT2D eigenvalue weighted by Gasteiger charge is -2.16. The Labute approximate surface area is 207 Å². The average Bonchev–Trinajstić information content (AvgIpc) is 3.59. The number of hydrogen-bond acceptors (Lipinski definition) is 6. The van der Waals surface area contributed by atoms with E-state index in [1.54, 1.807) is 29.3 Å². The number of methoxy groups -OCH3 is 1. The summed E-state index contributed by atoms with van der Waals surface area (Å²) in [6.07, 6.45) is 6.11. The number of hydrogen-bond donors (Lipinski definition) is 1. The first-order valence-corrected chi connectivity index (χ1v) is 12.6. The predicted octanol–water partition coefficient (Wildman–Crippen LogP) is 4.87. The molecule has 4 aromatic rings. The summed E-state index contributed by atoms with van der Waals surface area (Å²) < 4.78 is 8.21. The van der Waals surface area contributed by atoms with Crippen LogP contribution in [0.15, 0.2) is 48.1 Å². The van der Waals surface area contributed by atoms with Crippen LogP contribution in [0.5, 0.6) is 0 Å². The molecule has 1 aliphatic heterocycles. The first kappa shape index (κ1) is 22.8. The summed E-state index contributed by atoms with van der Waals surface area (Å²) >= 11 is 7.80. The maximum atomic E-state index is 13.0. The normalized spacial score (nSPS) is 13.6. The van der Waals surface area contributed by atoms with Crippen molar-refractivity contribution in [3.63, 3.8) is 0 Å². The largest absolute Gasteiger partial charge is 0.378 e. The number of anilines is 1. The van der Waals surface area contributed by atoms with E-state index < -0.39 is 0 Å². The van der Waals surface area contributed by atoms with Crippen molar-refractivity contribution in [1.29, 1.82) is 0 Å². The third-order valence-corrected chi connectivity index (χ3v) is 7.25. The van der Waals surface area contributed by atoms with Gasteiger partial charge in [-0.2, -0.15) is 5.10 Å². The molecule has 0 saturated carbocycles. The van der Waals surface area contributed by atoms with Crippen molar-refractivity contribution in [3.8, 4) is 0 Å². The number of thiophene rings is 1. The van der Waals surface area contributed by atoms with Crippen LogP contribution < -0.4 is 10.2 Å². The van der Waals surface area contributed by atoms with Gasteiger partial charge in [-0.05, 0) is 59.0 Å². The Balaban J connectivity index is 1.28. The van der Waals surface area contributed by atoms with Crippen molar-refractivity contribution in [2.75, 3.05) is 25.1 Å². The number of nitrogens with one attached hydrogen (secondary N) is 1. The molecule has 5 rings (SSSR count). The Morgan fingerprint density at radius 1 is 1.24 bits per heavy atom. The molecule has 1 N–H and O–H groups in total. The molecule has 0 atom stereocenters. The summed E-state index contributed by atoms with van der Waals surface area (Å²) in [5.41, 5.74) is 3.20. The summed E-state index contributed by atoms with van der Waals surface area (Å²) in [4.78, 5) is 20.0. The van der Waals surface area contributed by atoms with E-state index in [0.717, 1.165) is 40.1 Å². The lowest BCUT2D eigenvalue weighted by atomic mass is 10.1. The van der Waals surface area contributed by atoms with E-state index in [1.807, 2.05) is 24.4 Å². The lowest BCUT2D eigenvalue weighted by molar-refractivity contribution is 0.0946. The fraction of sp³-hybridized carbons (Fsp3) is 0.320.